The largest absolute Gasteiger partial charge is 0.462 e. The van der Waals surface area contributed by atoms with Gasteiger partial charge in [-0.25, -0.2) is 13.6 Å². The van der Waals surface area contributed by atoms with E-state index in [1.54, 1.807) is 24.3 Å². The van der Waals surface area contributed by atoms with E-state index in [0.717, 1.165) is 3.57 Å². The number of halogens is 3. The van der Waals surface area contributed by atoms with Crippen LogP contribution in [0.1, 0.15) is 30.1 Å². The summed E-state index contributed by atoms with van der Waals surface area (Å²) in [6, 6.07) is 6.84. The molecule has 0 spiro atoms. The maximum absolute atomic E-state index is 12.4. The molecular formula is C14H15F2IO4. The van der Waals surface area contributed by atoms with E-state index in [2.05, 4.69) is 27.3 Å². The van der Waals surface area contributed by atoms with Gasteiger partial charge in [0.2, 0.25) is 0 Å². The van der Waals surface area contributed by atoms with Crippen LogP contribution in [0.3, 0.4) is 0 Å². The third-order valence-corrected chi connectivity index (χ3v) is 3.04. The van der Waals surface area contributed by atoms with Gasteiger partial charge >= 0.3 is 11.9 Å². The first-order chi connectivity index (χ1) is 9.78. The molecule has 0 saturated heterocycles. The standard InChI is InChI=1S/C14H15F2IO4/c1-14(15,16)9-21-12(18)3-2-8-20-13(19)10-4-6-11(17)7-5-10/h4-7H,2-3,8-9H2,1H3. The Morgan fingerprint density at radius 1 is 1.19 bits per heavy atom. The van der Waals surface area contributed by atoms with Crippen LogP contribution in [0.25, 0.3) is 0 Å². The molecule has 0 saturated carbocycles. The Bertz CT molecular complexity index is 483. The van der Waals surface area contributed by atoms with E-state index in [4.69, 9.17) is 4.74 Å². The number of rotatable bonds is 7. The molecule has 0 N–H and O–H groups in total. The van der Waals surface area contributed by atoms with Crippen molar-refractivity contribution < 1.29 is 27.8 Å². The van der Waals surface area contributed by atoms with Crippen molar-refractivity contribution in [2.24, 2.45) is 0 Å². The van der Waals surface area contributed by atoms with Crippen molar-refractivity contribution in [3.05, 3.63) is 33.4 Å². The minimum atomic E-state index is -3.03. The number of benzene rings is 1. The maximum atomic E-state index is 12.4. The first-order valence-corrected chi connectivity index (χ1v) is 7.32. The summed E-state index contributed by atoms with van der Waals surface area (Å²) in [7, 11) is 0. The molecule has 1 aromatic rings. The Morgan fingerprint density at radius 2 is 1.81 bits per heavy atom. The Balaban J connectivity index is 2.20. The van der Waals surface area contributed by atoms with Crippen molar-refractivity contribution in [1.82, 2.24) is 0 Å². The Morgan fingerprint density at radius 3 is 2.38 bits per heavy atom. The first kappa shape index (κ1) is 17.8. The van der Waals surface area contributed by atoms with Gasteiger partial charge in [0.1, 0.15) is 0 Å². The van der Waals surface area contributed by atoms with Gasteiger partial charge in [0, 0.05) is 16.9 Å². The van der Waals surface area contributed by atoms with Crippen LogP contribution in [0.2, 0.25) is 0 Å². The van der Waals surface area contributed by atoms with Crippen LogP contribution in [0, 0.1) is 3.57 Å². The molecule has 1 aromatic carbocycles. The van der Waals surface area contributed by atoms with Gasteiger partial charge in [-0.1, -0.05) is 0 Å². The Kier molecular flexibility index (Phi) is 7.00. The average molecular weight is 412 g/mol. The normalized spacial score (nSPS) is 11.0. The minimum absolute atomic E-state index is 0.0302. The Hall–Kier alpha value is -1.25. The van der Waals surface area contributed by atoms with E-state index in [1.165, 1.54) is 0 Å². The van der Waals surface area contributed by atoms with Gasteiger partial charge < -0.3 is 9.47 Å². The zero-order valence-electron chi connectivity index (χ0n) is 11.4. The second kappa shape index (κ2) is 8.26. The van der Waals surface area contributed by atoms with Crippen LogP contribution < -0.4 is 0 Å². The molecular weight excluding hydrogens is 397 g/mol. The molecule has 0 bridgehead atoms. The number of esters is 2. The first-order valence-electron chi connectivity index (χ1n) is 6.24. The number of alkyl halides is 2. The number of hydrogen-bond donors (Lipinski definition) is 0. The second-order valence-corrected chi connectivity index (χ2v) is 5.72. The number of carbonyl (C=O) groups excluding carboxylic acids is 2. The molecule has 0 aromatic heterocycles. The van der Waals surface area contributed by atoms with Gasteiger partial charge in [-0.3, -0.25) is 4.79 Å². The molecule has 0 aliphatic rings. The highest BCUT2D eigenvalue weighted by atomic mass is 127. The van der Waals surface area contributed by atoms with E-state index >= 15 is 0 Å². The SMILES string of the molecule is CC(F)(F)COC(=O)CCCOC(=O)c1ccc(I)cc1. The third-order valence-electron chi connectivity index (χ3n) is 2.32. The molecule has 0 radical (unpaired) electrons. The van der Waals surface area contributed by atoms with Crippen LogP contribution in [-0.4, -0.2) is 31.1 Å². The minimum Gasteiger partial charge on any atom is -0.462 e. The second-order valence-electron chi connectivity index (χ2n) is 4.48. The molecule has 0 heterocycles. The summed E-state index contributed by atoms with van der Waals surface area (Å²) in [4.78, 5) is 22.8. The zero-order chi connectivity index (χ0) is 15.9. The summed E-state index contributed by atoms with van der Waals surface area (Å²) in [5.74, 6) is -4.26. The number of ether oxygens (including phenoxy) is 2. The molecule has 1 rings (SSSR count). The molecule has 0 aliphatic heterocycles. The van der Waals surface area contributed by atoms with Gasteiger partial charge in [-0.2, -0.15) is 0 Å². The van der Waals surface area contributed by atoms with Crippen LogP contribution >= 0.6 is 22.6 Å². The van der Waals surface area contributed by atoms with Crippen LogP contribution in [0.15, 0.2) is 24.3 Å². The molecule has 4 nitrogen and oxygen atoms in total. The molecule has 0 atom stereocenters. The summed E-state index contributed by atoms with van der Waals surface area (Å²) < 4.78 is 35.2. The van der Waals surface area contributed by atoms with E-state index in [0.29, 0.717) is 12.5 Å². The molecule has 0 fully saturated rings. The van der Waals surface area contributed by atoms with Crippen molar-refractivity contribution in [2.75, 3.05) is 13.2 Å². The molecule has 116 valence electrons. The molecule has 7 heteroatoms. The zero-order valence-corrected chi connectivity index (χ0v) is 13.6. The lowest BCUT2D eigenvalue weighted by Gasteiger charge is -2.10. The number of hydrogen-bond acceptors (Lipinski definition) is 4. The van der Waals surface area contributed by atoms with Crippen molar-refractivity contribution in [1.29, 1.82) is 0 Å². The van der Waals surface area contributed by atoms with Crippen LogP contribution in [-0.2, 0) is 14.3 Å². The highest BCUT2D eigenvalue weighted by Gasteiger charge is 2.23. The molecule has 0 unspecified atom stereocenters. The highest BCUT2D eigenvalue weighted by Crippen LogP contribution is 2.12. The monoisotopic (exact) mass is 412 g/mol. The number of carbonyl (C=O) groups is 2. The topological polar surface area (TPSA) is 52.6 Å². The van der Waals surface area contributed by atoms with Gasteiger partial charge in [0.25, 0.3) is 5.92 Å². The molecule has 21 heavy (non-hydrogen) atoms. The summed E-state index contributed by atoms with van der Waals surface area (Å²) in [5, 5.41) is 0. The summed E-state index contributed by atoms with van der Waals surface area (Å²) in [6.07, 6.45) is 0.153. The fraction of sp³-hybridized carbons (Fsp3) is 0.429. The van der Waals surface area contributed by atoms with Crippen LogP contribution in [0.5, 0.6) is 0 Å². The van der Waals surface area contributed by atoms with Crippen LogP contribution in [0.4, 0.5) is 8.78 Å². The predicted molar refractivity (Wildman–Crippen MR) is 80.3 cm³/mol. The average Bonchev–Trinajstić information content (AvgIpc) is 2.41. The van der Waals surface area contributed by atoms with Gasteiger partial charge in [-0.15, -0.1) is 0 Å². The van der Waals surface area contributed by atoms with Crippen molar-refractivity contribution in [3.8, 4) is 0 Å². The predicted octanol–water partition coefficient (Wildman–Crippen LogP) is 3.43. The fourth-order valence-corrected chi connectivity index (χ4v) is 1.69. The lowest BCUT2D eigenvalue weighted by Crippen LogP contribution is -2.21. The Labute approximate surface area is 134 Å². The van der Waals surface area contributed by atoms with Crippen molar-refractivity contribution >= 4 is 34.5 Å². The quantitative estimate of drug-likeness (QED) is 0.391. The maximum Gasteiger partial charge on any atom is 0.338 e. The summed E-state index contributed by atoms with van der Waals surface area (Å²) >= 11 is 2.12. The molecule has 0 aliphatic carbocycles. The lowest BCUT2D eigenvalue weighted by atomic mass is 10.2. The lowest BCUT2D eigenvalue weighted by molar-refractivity contribution is -0.153. The van der Waals surface area contributed by atoms with Crippen molar-refractivity contribution in [3.63, 3.8) is 0 Å². The van der Waals surface area contributed by atoms with Gasteiger partial charge in [0.05, 0.1) is 12.2 Å². The third kappa shape index (κ3) is 7.93. The molecule has 0 amide bonds. The fourth-order valence-electron chi connectivity index (χ4n) is 1.33. The van der Waals surface area contributed by atoms with E-state index in [9.17, 15) is 18.4 Å². The van der Waals surface area contributed by atoms with E-state index in [-0.39, 0.29) is 19.4 Å². The van der Waals surface area contributed by atoms with Crippen molar-refractivity contribution in [2.45, 2.75) is 25.7 Å². The smallest absolute Gasteiger partial charge is 0.338 e. The van der Waals surface area contributed by atoms with E-state index < -0.39 is 24.5 Å². The summed E-state index contributed by atoms with van der Waals surface area (Å²) in [6.45, 7) is -0.236. The van der Waals surface area contributed by atoms with E-state index in [1.807, 2.05) is 0 Å². The summed E-state index contributed by atoms with van der Waals surface area (Å²) in [5.41, 5.74) is 0.420. The van der Waals surface area contributed by atoms with Gasteiger partial charge in [0.15, 0.2) is 6.61 Å². The van der Waals surface area contributed by atoms with Gasteiger partial charge in [-0.05, 0) is 53.3 Å². The highest BCUT2D eigenvalue weighted by molar-refractivity contribution is 14.1.